The van der Waals surface area contributed by atoms with Gasteiger partial charge in [0, 0.05) is 29.8 Å². The van der Waals surface area contributed by atoms with Gasteiger partial charge >= 0.3 is 0 Å². The highest BCUT2D eigenvalue weighted by molar-refractivity contribution is 7.22. The summed E-state index contributed by atoms with van der Waals surface area (Å²) < 4.78 is 1.26. The van der Waals surface area contributed by atoms with Gasteiger partial charge in [0.05, 0.1) is 10.6 Å². The van der Waals surface area contributed by atoms with Crippen LogP contribution in [0, 0.1) is 13.8 Å². The molecule has 1 N–H and O–H groups in total. The van der Waals surface area contributed by atoms with Crippen LogP contribution >= 0.6 is 11.3 Å². The third-order valence-electron chi connectivity index (χ3n) is 4.02. The highest BCUT2D eigenvalue weighted by atomic mass is 32.1. The normalized spacial score (nSPS) is 11.0. The fourth-order valence-electron chi connectivity index (χ4n) is 2.83. The van der Waals surface area contributed by atoms with Crippen molar-refractivity contribution in [2.75, 3.05) is 11.9 Å². The fraction of sp³-hybridized carbons (Fsp3) is 0.100. The van der Waals surface area contributed by atoms with Crippen molar-refractivity contribution < 1.29 is 0 Å². The summed E-state index contributed by atoms with van der Waals surface area (Å²) in [7, 11) is 0. The monoisotopic (exact) mass is 345 g/mol. The van der Waals surface area contributed by atoms with Crippen molar-refractivity contribution in [1.29, 1.82) is 0 Å². The lowest BCUT2D eigenvalue weighted by Crippen LogP contribution is -2.03. The van der Waals surface area contributed by atoms with Crippen LogP contribution in [0.3, 0.4) is 0 Å². The zero-order valence-corrected chi connectivity index (χ0v) is 14.7. The second-order valence-electron chi connectivity index (χ2n) is 5.72. The molecule has 0 fully saturated rings. The summed E-state index contributed by atoms with van der Waals surface area (Å²) >= 11 is 1.76. The predicted octanol–water partition coefficient (Wildman–Crippen LogP) is 4.97. The maximum absolute atomic E-state index is 4.67. The largest absolute Gasteiger partial charge is 0.354 e. The third-order valence-corrected chi connectivity index (χ3v) is 5.21. The maximum Gasteiger partial charge on any atom is 0.223 e. The predicted molar refractivity (Wildman–Crippen MR) is 105 cm³/mol. The molecule has 0 spiro atoms. The maximum atomic E-state index is 4.67. The van der Waals surface area contributed by atoms with E-state index in [1.165, 1.54) is 21.2 Å². The van der Waals surface area contributed by atoms with Crippen LogP contribution in [-0.4, -0.2) is 21.5 Å². The van der Waals surface area contributed by atoms with E-state index >= 15 is 0 Å². The van der Waals surface area contributed by atoms with Crippen molar-refractivity contribution >= 4 is 27.4 Å². The first-order valence-electron chi connectivity index (χ1n) is 8.06. The van der Waals surface area contributed by atoms with Gasteiger partial charge < -0.3 is 5.32 Å². The van der Waals surface area contributed by atoms with E-state index in [9.17, 15) is 0 Å². The number of anilines is 1. The number of thiophene rings is 1. The van der Waals surface area contributed by atoms with Gasteiger partial charge in [-0.25, -0.2) is 9.97 Å². The lowest BCUT2D eigenvalue weighted by molar-refractivity contribution is 1.10. The van der Waals surface area contributed by atoms with Crippen molar-refractivity contribution in [3.63, 3.8) is 0 Å². The molecule has 123 valence electrons. The van der Waals surface area contributed by atoms with Crippen molar-refractivity contribution in [3.05, 3.63) is 67.5 Å². The molecule has 0 aliphatic carbocycles. The van der Waals surface area contributed by atoms with Crippen LogP contribution in [0.25, 0.3) is 31.8 Å². The molecule has 4 aromatic rings. The van der Waals surface area contributed by atoms with Crippen LogP contribution < -0.4 is 5.32 Å². The van der Waals surface area contributed by atoms with E-state index < -0.39 is 0 Å². The Morgan fingerprint density at radius 3 is 2.80 bits per heavy atom. The molecule has 0 amide bonds. The third kappa shape index (κ3) is 2.98. The Morgan fingerprint density at radius 2 is 2.00 bits per heavy atom. The molecule has 0 unspecified atom stereocenters. The number of rotatable bonds is 4. The van der Waals surface area contributed by atoms with E-state index in [1.807, 2.05) is 37.6 Å². The molecular formula is C20H17N4S. The first kappa shape index (κ1) is 15.7. The lowest BCUT2D eigenvalue weighted by Gasteiger charge is -2.06. The summed E-state index contributed by atoms with van der Waals surface area (Å²) in [6.45, 7) is 6.39. The van der Waals surface area contributed by atoms with Crippen molar-refractivity contribution in [1.82, 2.24) is 15.0 Å². The smallest absolute Gasteiger partial charge is 0.223 e. The van der Waals surface area contributed by atoms with Gasteiger partial charge in [0.15, 0.2) is 0 Å². The first-order chi connectivity index (χ1) is 12.3. The van der Waals surface area contributed by atoms with Gasteiger partial charge in [-0.3, -0.25) is 4.98 Å². The van der Waals surface area contributed by atoms with Gasteiger partial charge in [0.1, 0.15) is 0 Å². The zero-order chi connectivity index (χ0) is 17.2. The van der Waals surface area contributed by atoms with E-state index in [2.05, 4.69) is 51.5 Å². The summed E-state index contributed by atoms with van der Waals surface area (Å²) in [5, 5.41) is 4.30. The van der Waals surface area contributed by atoms with Crippen molar-refractivity contribution in [2.24, 2.45) is 0 Å². The number of hydrogen-bond donors (Lipinski definition) is 1. The van der Waals surface area contributed by atoms with Crippen molar-refractivity contribution in [2.45, 2.75) is 6.92 Å². The van der Waals surface area contributed by atoms with E-state index in [0.29, 0.717) is 12.5 Å². The lowest BCUT2D eigenvalue weighted by atomic mass is 10.1. The quantitative estimate of drug-likeness (QED) is 0.567. The first-order valence-corrected chi connectivity index (χ1v) is 8.88. The van der Waals surface area contributed by atoms with E-state index in [1.54, 1.807) is 11.3 Å². The SMILES string of the molecule is [CH2]CNc1ncc(C)c(-c2cc3cccc(-c4ccncc4)c3s2)n1. The highest BCUT2D eigenvalue weighted by Crippen LogP contribution is 2.39. The Bertz CT molecular complexity index is 1020. The van der Waals surface area contributed by atoms with Gasteiger partial charge in [0.2, 0.25) is 5.95 Å². The van der Waals surface area contributed by atoms with Crippen LogP contribution in [0.1, 0.15) is 5.56 Å². The minimum absolute atomic E-state index is 0.557. The molecule has 0 aliphatic rings. The van der Waals surface area contributed by atoms with Gasteiger partial charge in [-0.2, -0.15) is 0 Å². The summed E-state index contributed by atoms with van der Waals surface area (Å²) in [6.07, 6.45) is 5.51. The second-order valence-corrected chi connectivity index (χ2v) is 6.77. The molecule has 1 radical (unpaired) electrons. The van der Waals surface area contributed by atoms with Gasteiger partial charge in [-0.05, 0) is 54.1 Å². The molecule has 25 heavy (non-hydrogen) atoms. The Kier molecular flexibility index (Phi) is 4.15. The molecule has 3 heterocycles. The molecule has 0 atom stereocenters. The molecule has 1 aromatic carbocycles. The number of aryl methyl sites for hydroxylation is 1. The van der Waals surface area contributed by atoms with E-state index in [0.717, 1.165) is 16.1 Å². The van der Waals surface area contributed by atoms with E-state index in [4.69, 9.17) is 0 Å². The van der Waals surface area contributed by atoms with Crippen molar-refractivity contribution in [3.8, 4) is 21.7 Å². The number of hydrogen-bond acceptors (Lipinski definition) is 5. The molecule has 3 aromatic heterocycles. The topological polar surface area (TPSA) is 50.7 Å². The molecule has 4 rings (SSSR count). The number of pyridine rings is 1. The van der Waals surface area contributed by atoms with Gasteiger partial charge in [0.25, 0.3) is 0 Å². The van der Waals surface area contributed by atoms with Crippen LogP contribution in [0.4, 0.5) is 5.95 Å². The average Bonchev–Trinajstić information content (AvgIpc) is 3.08. The minimum Gasteiger partial charge on any atom is -0.354 e. The molecular weight excluding hydrogens is 328 g/mol. The summed E-state index contributed by atoms with van der Waals surface area (Å²) in [5.41, 5.74) is 4.42. The molecule has 0 bridgehead atoms. The Morgan fingerprint density at radius 1 is 1.16 bits per heavy atom. The van der Waals surface area contributed by atoms with Gasteiger partial charge in [-0.1, -0.05) is 18.2 Å². The average molecular weight is 345 g/mol. The van der Waals surface area contributed by atoms with Crippen LogP contribution in [0.5, 0.6) is 0 Å². The minimum atomic E-state index is 0.557. The number of nitrogens with zero attached hydrogens (tertiary/aromatic N) is 3. The fourth-order valence-corrected chi connectivity index (χ4v) is 4.08. The number of aromatic nitrogens is 3. The van der Waals surface area contributed by atoms with Crippen LogP contribution in [-0.2, 0) is 0 Å². The van der Waals surface area contributed by atoms with Crippen LogP contribution in [0.2, 0.25) is 0 Å². The molecule has 5 heteroatoms. The second kappa shape index (κ2) is 6.61. The standard InChI is InChI=1S/C20H17N4S/c1-3-22-20-23-12-13(2)18(24-20)17-11-15-5-4-6-16(19(15)25-17)14-7-9-21-10-8-14/h4-12H,1,3H2,2H3,(H,22,23,24). The summed E-state index contributed by atoms with van der Waals surface area (Å²) in [5.74, 6) is 0.613. The number of nitrogens with one attached hydrogen (secondary N) is 1. The van der Waals surface area contributed by atoms with Gasteiger partial charge in [-0.15, -0.1) is 11.3 Å². The Hall–Kier alpha value is -2.79. The zero-order valence-electron chi connectivity index (χ0n) is 13.9. The molecule has 0 aliphatic heterocycles. The number of benzene rings is 1. The molecule has 4 nitrogen and oxygen atoms in total. The number of fused-ring (bicyclic) bond motifs is 1. The van der Waals surface area contributed by atoms with Crippen LogP contribution in [0.15, 0.2) is 55.0 Å². The highest BCUT2D eigenvalue weighted by Gasteiger charge is 2.13. The molecule has 0 saturated heterocycles. The Balaban J connectivity index is 1.87. The summed E-state index contributed by atoms with van der Waals surface area (Å²) in [4.78, 5) is 14.2. The molecule has 0 saturated carbocycles. The summed E-state index contributed by atoms with van der Waals surface area (Å²) in [6, 6.07) is 12.7. The Labute approximate surface area is 150 Å². The van der Waals surface area contributed by atoms with E-state index in [-0.39, 0.29) is 0 Å².